The number of benzene rings is 1. The Morgan fingerprint density at radius 3 is 2.83 bits per heavy atom. The topological polar surface area (TPSA) is 31.0 Å². The molecule has 3 rings (SSSR count). The van der Waals surface area contributed by atoms with Crippen molar-refractivity contribution in [2.45, 2.75) is 71.0 Å². The lowest BCUT2D eigenvalue weighted by atomic mass is 9.95. The summed E-state index contributed by atoms with van der Waals surface area (Å²) in [4.78, 5) is 0. The summed E-state index contributed by atoms with van der Waals surface area (Å²) >= 11 is 0. The first-order valence-corrected chi connectivity index (χ1v) is 9.31. The van der Waals surface area contributed by atoms with E-state index in [2.05, 4.69) is 39.8 Å². The van der Waals surface area contributed by atoms with Crippen LogP contribution in [0.2, 0.25) is 0 Å². The van der Waals surface area contributed by atoms with Crippen molar-refractivity contribution in [2.75, 3.05) is 13.2 Å². The molecule has 2 unspecified atom stereocenters. The molecule has 3 nitrogen and oxygen atoms in total. The van der Waals surface area contributed by atoms with Gasteiger partial charge in [0, 0.05) is 17.5 Å². The Kier molecular flexibility index (Phi) is 5.19. The van der Waals surface area contributed by atoms with Gasteiger partial charge in [0.15, 0.2) is 0 Å². The average molecular weight is 330 g/mol. The Hall–Kier alpha value is -1.48. The van der Waals surface area contributed by atoms with E-state index in [0.717, 1.165) is 43.8 Å². The zero-order chi connectivity index (χ0) is 17.2. The summed E-state index contributed by atoms with van der Waals surface area (Å²) < 4.78 is 17.4. The molecule has 1 aromatic carbocycles. The van der Waals surface area contributed by atoms with Gasteiger partial charge in [-0.05, 0) is 44.7 Å². The lowest BCUT2D eigenvalue weighted by Crippen LogP contribution is -2.12. The minimum atomic E-state index is 0.179. The molecule has 3 heteroatoms. The molecule has 0 saturated carbocycles. The van der Waals surface area contributed by atoms with E-state index >= 15 is 0 Å². The van der Waals surface area contributed by atoms with Crippen LogP contribution in [0.15, 0.2) is 29.8 Å². The molecular formula is C21H30O3. The van der Waals surface area contributed by atoms with E-state index in [1.165, 1.54) is 11.1 Å². The number of fused-ring (bicyclic) bond motifs is 1. The Bertz CT molecular complexity index is 601. The fourth-order valence-electron chi connectivity index (χ4n) is 3.63. The van der Waals surface area contributed by atoms with Crippen molar-refractivity contribution >= 4 is 0 Å². The minimum Gasteiger partial charge on any atom is -0.493 e. The highest BCUT2D eigenvalue weighted by molar-refractivity contribution is 5.45. The van der Waals surface area contributed by atoms with Gasteiger partial charge in [-0.3, -0.25) is 0 Å². The second-order valence-electron chi connectivity index (χ2n) is 7.19. The first kappa shape index (κ1) is 17.3. The second kappa shape index (κ2) is 7.18. The molecule has 2 aliphatic rings. The fraction of sp³-hybridized carbons (Fsp3) is 0.619. The van der Waals surface area contributed by atoms with Crippen LogP contribution in [0.25, 0.3) is 0 Å². The summed E-state index contributed by atoms with van der Waals surface area (Å²) in [5, 5.41) is 0. The first-order valence-electron chi connectivity index (χ1n) is 9.31. The normalized spacial score (nSPS) is 24.4. The van der Waals surface area contributed by atoms with Crippen molar-refractivity contribution < 1.29 is 14.2 Å². The molecule has 0 amide bonds. The Labute approximate surface area is 146 Å². The third-order valence-electron chi connectivity index (χ3n) is 5.59. The van der Waals surface area contributed by atoms with Crippen LogP contribution in [0.5, 0.6) is 11.5 Å². The van der Waals surface area contributed by atoms with E-state index in [9.17, 15) is 0 Å². The maximum atomic E-state index is 5.91. The molecule has 1 fully saturated rings. The number of ether oxygens (including phenoxy) is 3. The second-order valence-corrected chi connectivity index (χ2v) is 7.19. The quantitative estimate of drug-likeness (QED) is 0.482. The zero-order valence-electron chi connectivity index (χ0n) is 15.4. The molecule has 2 atom stereocenters. The molecule has 2 heterocycles. The van der Waals surface area contributed by atoms with Crippen molar-refractivity contribution in [3.8, 4) is 11.5 Å². The number of allylic oxidation sites excluding steroid dienone is 1. The van der Waals surface area contributed by atoms with Gasteiger partial charge in [-0.2, -0.15) is 0 Å². The standard InChI is InChI=1S/C21H30O3/c1-5-21(6-2)20(24-21)10-7-15(3)11-12-22-17-8-9-18-16(4)14-23-19(18)13-17/h8-9,11,13,16,20H,5-7,10,12,14H2,1-4H3/b15-11+. The van der Waals surface area contributed by atoms with Gasteiger partial charge in [-0.25, -0.2) is 0 Å². The van der Waals surface area contributed by atoms with Crippen LogP contribution in [-0.2, 0) is 4.74 Å². The lowest BCUT2D eigenvalue weighted by molar-refractivity contribution is 0.278. The summed E-state index contributed by atoms with van der Waals surface area (Å²) in [6, 6.07) is 6.18. The van der Waals surface area contributed by atoms with Crippen molar-refractivity contribution in [1.29, 1.82) is 0 Å². The molecule has 0 radical (unpaired) electrons. The monoisotopic (exact) mass is 330 g/mol. The Morgan fingerprint density at radius 2 is 2.12 bits per heavy atom. The predicted octanol–water partition coefficient (Wildman–Crippen LogP) is 5.25. The molecule has 0 spiro atoms. The fourth-order valence-corrected chi connectivity index (χ4v) is 3.63. The average Bonchev–Trinajstić information content (AvgIpc) is 3.20. The van der Waals surface area contributed by atoms with Crippen molar-refractivity contribution in [3.63, 3.8) is 0 Å². The van der Waals surface area contributed by atoms with Crippen molar-refractivity contribution in [3.05, 3.63) is 35.4 Å². The highest BCUT2D eigenvalue weighted by atomic mass is 16.6. The highest BCUT2D eigenvalue weighted by Crippen LogP contribution is 2.45. The molecule has 1 aromatic rings. The van der Waals surface area contributed by atoms with E-state index in [1.807, 2.05) is 12.1 Å². The maximum absolute atomic E-state index is 5.91. The molecule has 1 saturated heterocycles. The van der Waals surface area contributed by atoms with Gasteiger partial charge in [0.1, 0.15) is 18.1 Å². The van der Waals surface area contributed by atoms with Crippen LogP contribution in [0.4, 0.5) is 0 Å². The molecule has 0 aliphatic carbocycles. The molecule has 132 valence electrons. The summed E-state index contributed by atoms with van der Waals surface area (Å²) in [5.74, 6) is 2.34. The van der Waals surface area contributed by atoms with Gasteiger partial charge in [0.25, 0.3) is 0 Å². The smallest absolute Gasteiger partial charge is 0.126 e. The summed E-state index contributed by atoms with van der Waals surface area (Å²) in [5.41, 5.74) is 2.84. The van der Waals surface area contributed by atoms with Gasteiger partial charge in [-0.1, -0.05) is 32.4 Å². The SMILES string of the molecule is CCC1(CC)OC1CC/C(C)=C/COc1ccc2c(c1)OCC2C. The van der Waals surface area contributed by atoms with Crippen LogP contribution >= 0.6 is 0 Å². The Morgan fingerprint density at radius 1 is 1.33 bits per heavy atom. The van der Waals surface area contributed by atoms with Crippen molar-refractivity contribution in [2.24, 2.45) is 0 Å². The van der Waals surface area contributed by atoms with E-state index in [4.69, 9.17) is 14.2 Å². The summed E-state index contributed by atoms with van der Waals surface area (Å²) in [6.45, 7) is 10.2. The van der Waals surface area contributed by atoms with E-state index in [1.54, 1.807) is 0 Å². The van der Waals surface area contributed by atoms with Crippen LogP contribution < -0.4 is 9.47 Å². The van der Waals surface area contributed by atoms with Crippen molar-refractivity contribution in [1.82, 2.24) is 0 Å². The van der Waals surface area contributed by atoms with Gasteiger partial charge in [-0.15, -0.1) is 0 Å². The van der Waals surface area contributed by atoms with Crippen LogP contribution in [-0.4, -0.2) is 24.9 Å². The number of hydrogen-bond donors (Lipinski definition) is 0. The molecule has 24 heavy (non-hydrogen) atoms. The molecular weight excluding hydrogens is 300 g/mol. The summed E-state index contributed by atoms with van der Waals surface area (Å²) in [6.07, 6.45) is 7.08. The van der Waals surface area contributed by atoms with Crippen LogP contribution in [0, 0.1) is 0 Å². The van der Waals surface area contributed by atoms with Crippen LogP contribution in [0.1, 0.15) is 64.9 Å². The van der Waals surface area contributed by atoms with E-state index in [0.29, 0.717) is 18.6 Å². The number of hydrogen-bond acceptors (Lipinski definition) is 3. The summed E-state index contributed by atoms with van der Waals surface area (Å²) in [7, 11) is 0. The predicted molar refractivity (Wildman–Crippen MR) is 97.0 cm³/mol. The van der Waals surface area contributed by atoms with E-state index < -0.39 is 0 Å². The zero-order valence-corrected chi connectivity index (χ0v) is 15.4. The Balaban J connectivity index is 1.43. The third kappa shape index (κ3) is 3.61. The lowest BCUT2D eigenvalue weighted by Gasteiger charge is -2.08. The molecule has 0 bridgehead atoms. The van der Waals surface area contributed by atoms with Crippen LogP contribution in [0.3, 0.4) is 0 Å². The third-order valence-corrected chi connectivity index (χ3v) is 5.59. The number of rotatable bonds is 8. The molecule has 2 aliphatic heterocycles. The number of epoxide rings is 1. The first-order chi connectivity index (χ1) is 11.6. The highest BCUT2D eigenvalue weighted by Gasteiger charge is 2.52. The van der Waals surface area contributed by atoms with Gasteiger partial charge >= 0.3 is 0 Å². The largest absolute Gasteiger partial charge is 0.493 e. The van der Waals surface area contributed by atoms with Gasteiger partial charge in [0.05, 0.1) is 18.3 Å². The van der Waals surface area contributed by atoms with Gasteiger partial charge in [0.2, 0.25) is 0 Å². The maximum Gasteiger partial charge on any atom is 0.126 e. The van der Waals surface area contributed by atoms with Gasteiger partial charge < -0.3 is 14.2 Å². The molecule has 0 aromatic heterocycles. The van der Waals surface area contributed by atoms with E-state index in [-0.39, 0.29) is 5.60 Å². The molecule has 0 N–H and O–H groups in total. The minimum absolute atomic E-state index is 0.179.